The monoisotopic (exact) mass is 288 g/mol. The van der Waals surface area contributed by atoms with Gasteiger partial charge in [-0.3, -0.25) is 4.79 Å². The van der Waals surface area contributed by atoms with Gasteiger partial charge in [0.05, 0.1) is 13.7 Å². The Morgan fingerprint density at radius 1 is 1.15 bits per heavy atom. The lowest BCUT2D eigenvalue weighted by molar-refractivity contribution is 0.112. The molecule has 2 aromatic carbocycles. The first-order valence-corrected chi connectivity index (χ1v) is 7.13. The summed E-state index contributed by atoms with van der Waals surface area (Å²) in [4.78, 5) is 13.2. The molecule has 0 N–H and O–H groups in total. The largest absolute Gasteiger partial charge is 0.493 e. The van der Waals surface area contributed by atoms with Crippen molar-refractivity contribution >= 4 is 18.0 Å². The van der Waals surface area contributed by atoms with Crippen molar-refractivity contribution in [1.29, 1.82) is 0 Å². The van der Waals surface area contributed by atoms with Crippen LogP contribution in [0.5, 0.6) is 11.5 Å². The fraction of sp³-hybridized carbons (Fsp3) is 0.188. The van der Waals surface area contributed by atoms with Crippen molar-refractivity contribution in [2.45, 2.75) is 16.7 Å². The Labute approximate surface area is 122 Å². The van der Waals surface area contributed by atoms with Crippen LogP contribution in [-0.2, 0) is 0 Å². The van der Waals surface area contributed by atoms with Crippen molar-refractivity contribution in [3.63, 3.8) is 0 Å². The van der Waals surface area contributed by atoms with Gasteiger partial charge in [-0.1, -0.05) is 30.0 Å². The summed E-state index contributed by atoms with van der Waals surface area (Å²) in [6.45, 7) is 2.42. The zero-order chi connectivity index (χ0) is 14.4. The highest BCUT2D eigenvalue weighted by Gasteiger charge is 2.12. The molecule has 2 rings (SSSR count). The third-order valence-corrected chi connectivity index (χ3v) is 3.78. The Morgan fingerprint density at radius 3 is 2.50 bits per heavy atom. The number of aldehydes is 1. The van der Waals surface area contributed by atoms with Gasteiger partial charge in [0.15, 0.2) is 17.8 Å². The van der Waals surface area contributed by atoms with Gasteiger partial charge in [0.2, 0.25) is 0 Å². The van der Waals surface area contributed by atoms with Crippen LogP contribution in [0.4, 0.5) is 0 Å². The molecular weight excluding hydrogens is 272 g/mol. The third kappa shape index (κ3) is 3.33. The van der Waals surface area contributed by atoms with E-state index in [4.69, 9.17) is 9.47 Å². The fourth-order valence-electron chi connectivity index (χ4n) is 1.78. The molecule has 20 heavy (non-hydrogen) atoms. The maximum absolute atomic E-state index is 11.3. The van der Waals surface area contributed by atoms with Gasteiger partial charge in [-0.2, -0.15) is 0 Å². The van der Waals surface area contributed by atoms with E-state index in [2.05, 4.69) is 0 Å². The summed E-state index contributed by atoms with van der Waals surface area (Å²) < 4.78 is 10.8. The number of rotatable bonds is 6. The van der Waals surface area contributed by atoms with E-state index in [0.29, 0.717) is 23.7 Å². The third-order valence-electron chi connectivity index (χ3n) is 2.69. The quantitative estimate of drug-likeness (QED) is 0.751. The van der Waals surface area contributed by atoms with E-state index in [1.54, 1.807) is 13.2 Å². The summed E-state index contributed by atoms with van der Waals surface area (Å²) in [6.07, 6.45) is 0.841. The minimum absolute atomic E-state index is 0.528. The fourth-order valence-corrected chi connectivity index (χ4v) is 2.72. The van der Waals surface area contributed by atoms with Gasteiger partial charge in [0.1, 0.15) is 0 Å². The highest BCUT2D eigenvalue weighted by Crippen LogP contribution is 2.37. The number of hydrogen-bond acceptors (Lipinski definition) is 4. The molecule has 3 nitrogen and oxygen atoms in total. The predicted molar refractivity (Wildman–Crippen MR) is 80.1 cm³/mol. The Balaban J connectivity index is 2.39. The van der Waals surface area contributed by atoms with Crippen LogP contribution < -0.4 is 9.47 Å². The highest BCUT2D eigenvalue weighted by atomic mass is 32.2. The average Bonchev–Trinajstić information content (AvgIpc) is 2.49. The first kappa shape index (κ1) is 14.5. The van der Waals surface area contributed by atoms with E-state index in [0.717, 1.165) is 16.1 Å². The summed E-state index contributed by atoms with van der Waals surface area (Å²) >= 11 is 1.53. The Hall–Kier alpha value is -1.94. The number of hydrogen-bond donors (Lipinski definition) is 0. The number of carbonyl (C=O) groups excluding carboxylic acids is 1. The van der Waals surface area contributed by atoms with Gasteiger partial charge >= 0.3 is 0 Å². The van der Waals surface area contributed by atoms with Crippen molar-refractivity contribution in [3.05, 3.63) is 48.0 Å². The second-order valence-corrected chi connectivity index (χ2v) is 5.12. The van der Waals surface area contributed by atoms with Crippen molar-refractivity contribution in [1.82, 2.24) is 0 Å². The van der Waals surface area contributed by atoms with Crippen LogP contribution in [-0.4, -0.2) is 20.0 Å². The molecule has 0 aromatic heterocycles. The first-order chi connectivity index (χ1) is 9.78. The second kappa shape index (κ2) is 7.01. The molecule has 0 radical (unpaired) electrons. The van der Waals surface area contributed by atoms with E-state index < -0.39 is 0 Å². The summed E-state index contributed by atoms with van der Waals surface area (Å²) in [6, 6.07) is 13.5. The molecule has 0 amide bonds. The molecule has 2 aromatic rings. The van der Waals surface area contributed by atoms with E-state index in [9.17, 15) is 4.79 Å². The number of carbonyl (C=O) groups is 1. The normalized spacial score (nSPS) is 10.1. The maximum atomic E-state index is 11.3. The summed E-state index contributed by atoms with van der Waals surface area (Å²) in [5.74, 6) is 1.23. The molecule has 0 fully saturated rings. The molecule has 0 bridgehead atoms. The summed E-state index contributed by atoms with van der Waals surface area (Å²) in [5, 5.41) is 0. The molecule has 0 saturated heterocycles. The average molecular weight is 288 g/mol. The van der Waals surface area contributed by atoms with Gasteiger partial charge in [0.25, 0.3) is 0 Å². The van der Waals surface area contributed by atoms with Gasteiger partial charge in [-0.05, 0) is 31.2 Å². The summed E-state index contributed by atoms with van der Waals surface area (Å²) in [7, 11) is 1.59. The van der Waals surface area contributed by atoms with Gasteiger partial charge < -0.3 is 9.47 Å². The van der Waals surface area contributed by atoms with E-state index >= 15 is 0 Å². The van der Waals surface area contributed by atoms with Crippen LogP contribution in [0.2, 0.25) is 0 Å². The van der Waals surface area contributed by atoms with E-state index in [1.165, 1.54) is 11.8 Å². The first-order valence-electron chi connectivity index (χ1n) is 6.31. The van der Waals surface area contributed by atoms with Crippen LogP contribution >= 0.6 is 11.8 Å². The zero-order valence-corrected chi connectivity index (χ0v) is 12.3. The lowest BCUT2D eigenvalue weighted by atomic mass is 10.2. The Bertz CT molecular complexity index is 582. The van der Waals surface area contributed by atoms with Crippen molar-refractivity contribution in [2.24, 2.45) is 0 Å². The number of benzene rings is 2. The minimum atomic E-state index is 0.528. The Morgan fingerprint density at radius 2 is 1.90 bits per heavy atom. The number of ether oxygens (including phenoxy) is 2. The lowest BCUT2D eigenvalue weighted by Gasteiger charge is -2.13. The van der Waals surface area contributed by atoms with E-state index in [-0.39, 0.29) is 0 Å². The standard InChI is InChI=1S/C16H16O3S/c1-3-19-15-9-12(11-17)16(10-14(15)18-2)20-13-7-5-4-6-8-13/h4-11H,3H2,1-2H3. The lowest BCUT2D eigenvalue weighted by Crippen LogP contribution is -1.98. The highest BCUT2D eigenvalue weighted by molar-refractivity contribution is 7.99. The summed E-state index contributed by atoms with van der Waals surface area (Å²) in [5.41, 5.74) is 0.600. The molecule has 0 spiro atoms. The van der Waals surface area contributed by atoms with Crippen LogP contribution in [0.3, 0.4) is 0 Å². The van der Waals surface area contributed by atoms with Gasteiger partial charge in [0, 0.05) is 15.4 Å². The molecule has 0 heterocycles. The number of methoxy groups -OCH3 is 1. The predicted octanol–water partition coefficient (Wildman–Crippen LogP) is 4.06. The Kier molecular flexibility index (Phi) is 5.07. The topological polar surface area (TPSA) is 35.5 Å². The molecule has 0 aliphatic carbocycles. The van der Waals surface area contributed by atoms with Crippen molar-refractivity contribution in [3.8, 4) is 11.5 Å². The molecule has 0 aliphatic rings. The van der Waals surface area contributed by atoms with Crippen LogP contribution in [0.1, 0.15) is 17.3 Å². The van der Waals surface area contributed by atoms with Gasteiger partial charge in [-0.25, -0.2) is 0 Å². The molecular formula is C16H16O3S. The van der Waals surface area contributed by atoms with Crippen molar-refractivity contribution in [2.75, 3.05) is 13.7 Å². The van der Waals surface area contributed by atoms with Gasteiger partial charge in [-0.15, -0.1) is 0 Å². The maximum Gasteiger partial charge on any atom is 0.161 e. The molecule has 0 saturated carbocycles. The van der Waals surface area contributed by atoms with Crippen LogP contribution in [0.25, 0.3) is 0 Å². The SMILES string of the molecule is CCOc1cc(C=O)c(Sc2ccccc2)cc1OC. The molecule has 104 valence electrons. The zero-order valence-electron chi connectivity index (χ0n) is 11.5. The molecule has 4 heteroatoms. The molecule has 0 unspecified atom stereocenters. The minimum Gasteiger partial charge on any atom is -0.493 e. The molecule has 0 atom stereocenters. The van der Waals surface area contributed by atoms with Crippen molar-refractivity contribution < 1.29 is 14.3 Å². The van der Waals surface area contributed by atoms with Crippen LogP contribution in [0.15, 0.2) is 52.3 Å². The van der Waals surface area contributed by atoms with Crippen LogP contribution in [0, 0.1) is 0 Å². The second-order valence-electron chi connectivity index (χ2n) is 4.01. The van der Waals surface area contributed by atoms with E-state index in [1.807, 2.05) is 43.3 Å². The molecule has 0 aliphatic heterocycles. The smallest absolute Gasteiger partial charge is 0.161 e.